The van der Waals surface area contributed by atoms with E-state index in [4.69, 9.17) is 11.6 Å². The monoisotopic (exact) mass is 324 g/mol. The molecule has 0 saturated carbocycles. The van der Waals surface area contributed by atoms with Crippen molar-refractivity contribution in [3.8, 4) is 0 Å². The Labute approximate surface area is 124 Å². The van der Waals surface area contributed by atoms with E-state index in [1.165, 1.54) is 11.3 Å². The molecule has 0 aliphatic rings. The van der Waals surface area contributed by atoms with Gasteiger partial charge >= 0.3 is 0 Å². The molecule has 0 fully saturated rings. The summed E-state index contributed by atoms with van der Waals surface area (Å²) in [4.78, 5) is 1.08. The first-order valence-corrected chi connectivity index (χ1v) is 9.01. The maximum Gasteiger partial charge on any atom is 0.215 e. The summed E-state index contributed by atoms with van der Waals surface area (Å²) in [6, 6.07) is 4.03. The fourth-order valence-corrected chi connectivity index (χ4v) is 3.53. The van der Waals surface area contributed by atoms with Gasteiger partial charge in [-0.3, -0.25) is 0 Å². The normalized spacial score (nSPS) is 13.9. The van der Waals surface area contributed by atoms with E-state index >= 15 is 0 Å². The van der Waals surface area contributed by atoms with Gasteiger partial charge in [0.05, 0.1) is 9.59 Å². The molecule has 1 aromatic rings. The van der Waals surface area contributed by atoms with E-state index in [1.54, 1.807) is 6.92 Å². The molecule has 19 heavy (non-hydrogen) atoms. The Hall–Kier alpha value is -0.140. The average molecular weight is 325 g/mol. The predicted octanol–water partition coefficient (Wildman–Crippen LogP) is 2.25. The Morgan fingerprint density at radius 1 is 1.32 bits per heavy atom. The van der Waals surface area contributed by atoms with Gasteiger partial charge in [0.2, 0.25) is 10.0 Å². The van der Waals surface area contributed by atoms with Crippen LogP contribution in [-0.4, -0.2) is 32.8 Å². The zero-order chi connectivity index (χ0) is 14.5. The van der Waals surface area contributed by atoms with Crippen LogP contribution in [0.15, 0.2) is 12.1 Å². The van der Waals surface area contributed by atoms with Gasteiger partial charge in [0.15, 0.2) is 0 Å². The maximum absolute atomic E-state index is 12.0. The third-order valence-corrected chi connectivity index (χ3v) is 5.77. The maximum atomic E-state index is 12.0. The standard InChI is InChI=1S/C12H21ClN2O2S2/c1-9(2)14-8-10(3)19(16,17)15-7-6-11-4-5-12(13)18-11/h4-5,9-10,14-15H,6-8H2,1-3H3. The van der Waals surface area contributed by atoms with Crippen molar-refractivity contribution in [3.05, 3.63) is 21.3 Å². The molecule has 0 spiro atoms. The first-order chi connectivity index (χ1) is 8.81. The highest BCUT2D eigenvalue weighted by Crippen LogP contribution is 2.21. The van der Waals surface area contributed by atoms with E-state index in [1.807, 2.05) is 26.0 Å². The van der Waals surface area contributed by atoms with Crippen molar-refractivity contribution >= 4 is 33.0 Å². The van der Waals surface area contributed by atoms with Crippen molar-refractivity contribution in [2.45, 2.75) is 38.5 Å². The van der Waals surface area contributed by atoms with Gasteiger partial charge in [0, 0.05) is 24.0 Å². The van der Waals surface area contributed by atoms with Gasteiger partial charge in [-0.2, -0.15) is 0 Å². The number of hydrogen-bond donors (Lipinski definition) is 2. The lowest BCUT2D eigenvalue weighted by atomic mass is 10.3. The van der Waals surface area contributed by atoms with Crippen LogP contribution in [0.5, 0.6) is 0 Å². The van der Waals surface area contributed by atoms with Crippen molar-refractivity contribution in [2.75, 3.05) is 13.1 Å². The zero-order valence-corrected chi connectivity index (χ0v) is 13.8. The molecular weight excluding hydrogens is 304 g/mol. The largest absolute Gasteiger partial charge is 0.313 e. The van der Waals surface area contributed by atoms with Crippen LogP contribution in [0.3, 0.4) is 0 Å². The van der Waals surface area contributed by atoms with Gasteiger partial charge in [0.25, 0.3) is 0 Å². The van der Waals surface area contributed by atoms with Crippen molar-refractivity contribution < 1.29 is 8.42 Å². The molecule has 110 valence electrons. The summed E-state index contributed by atoms with van der Waals surface area (Å²) < 4.78 is 27.3. The van der Waals surface area contributed by atoms with Crippen LogP contribution in [-0.2, 0) is 16.4 Å². The minimum atomic E-state index is -3.26. The molecule has 1 heterocycles. The van der Waals surface area contributed by atoms with Gasteiger partial charge in [-0.15, -0.1) is 11.3 Å². The van der Waals surface area contributed by atoms with Crippen LogP contribution in [0, 0.1) is 0 Å². The van der Waals surface area contributed by atoms with E-state index in [0.717, 1.165) is 9.21 Å². The van der Waals surface area contributed by atoms with E-state index in [2.05, 4.69) is 10.0 Å². The molecule has 7 heteroatoms. The minimum absolute atomic E-state index is 0.283. The molecular formula is C12H21ClN2O2S2. The number of thiophene rings is 1. The van der Waals surface area contributed by atoms with Crippen LogP contribution < -0.4 is 10.0 Å². The lowest BCUT2D eigenvalue weighted by molar-refractivity contribution is 0.541. The molecule has 1 aromatic heterocycles. The van der Waals surface area contributed by atoms with Crippen molar-refractivity contribution in [1.29, 1.82) is 0 Å². The summed E-state index contributed by atoms with van der Waals surface area (Å²) in [5.41, 5.74) is 0. The topological polar surface area (TPSA) is 58.2 Å². The van der Waals surface area contributed by atoms with Crippen LogP contribution >= 0.6 is 22.9 Å². The van der Waals surface area contributed by atoms with Crippen LogP contribution in [0.25, 0.3) is 0 Å². The highest BCUT2D eigenvalue weighted by Gasteiger charge is 2.19. The summed E-state index contributed by atoms with van der Waals surface area (Å²) >= 11 is 7.30. The van der Waals surface area contributed by atoms with E-state index < -0.39 is 15.3 Å². The van der Waals surface area contributed by atoms with Gasteiger partial charge in [-0.05, 0) is 25.5 Å². The fraction of sp³-hybridized carbons (Fsp3) is 0.667. The molecule has 0 aliphatic heterocycles. The zero-order valence-electron chi connectivity index (χ0n) is 11.4. The number of halogens is 1. The lowest BCUT2D eigenvalue weighted by Crippen LogP contribution is -2.41. The number of rotatable bonds is 8. The molecule has 2 N–H and O–H groups in total. The summed E-state index contributed by atoms with van der Waals surface area (Å²) in [6.45, 7) is 6.56. The quantitative estimate of drug-likeness (QED) is 0.771. The number of hydrogen-bond acceptors (Lipinski definition) is 4. The van der Waals surface area contributed by atoms with E-state index in [9.17, 15) is 8.42 Å². The molecule has 1 rings (SSSR count). The molecule has 1 atom stereocenters. The summed E-state index contributed by atoms with van der Waals surface area (Å²) in [5.74, 6) is 0. The van der Waals surface area contributed by atoms with Crippen LogP contribution in [0.4, 0.5) is 0 Å². The second kappa shape index (κ2) is 7.59. The van der Waals surface area contributed by atoms with Crippen LogP contribution in [0.2, 0.25) is 4.34 Å². The Balaban J connectivity index is 2.37. The van der Waals surface area contributed by atoms with Gasteiger partial charge in [-0.1, -0.05) is 25.4 Å². The average Bonchev–Trinajstić information content (AvgIpc) is 2.71. The molecule has 0 amide bonds. The SMILES string of the molecule is CC(C)NCC(C)S(=O)(=O)NCCc1ccc(Cl)s1. The second-order valence-corrected chi connectivity index (χ2v) is 8.75. The van der Waals surface area contributed by atoms with Crippen molar-refractivity contribution in [3.63, 3.8) is 0 Å². The van der Waals surface area contributed by atoms with Gasteiger partial charge < -0.3 is 5.32 Å². The molecule has 0 bridgehead atoms. The van der Waals surface area contributed by atoms with Gasteiger partial charge in [0.1, 0.15) is 0 Å². The summed E-state index contributed by atoms with van der Waals surface area (Å²) in [7, 11) is -3.26. The lowest BCUT2D eigenvalue weighted by Gasteiger charge is -2.16. The smallest absolute Gasteiger partial charge is 0.215 e. The first kappa shape index (κ1) is 16.9. The summed E-state index contributed by atoms with van der Waals surface area (Å²) in [6.07, 6.45) is 0.668. The fourth-order valence-electron chi connectivity index (χ4n) is 1.46. The Kier molecular flexibility index (Phi) is 6.76. The van der Waals surface area contributed by atoms with Crippen molar-refractivity contribution in [1.82, 2.24) is 10.0 Å². The third-order valence-electron chi connectivity index (χ3n) is 2.65. The molecule has 4 nitrogen and oxygen atoms in total. The number of sulfonamides is 1. The predicted molar refractivity (Wildman–Crippen MR) is 82.6 cm³/mol. The highest BCUT2D eigenvalue weighted by molar-refractivity contribution is 7.90. The molecule has 0 radical (unpaired) electrons. The molecule has 0 aromatic carbocycles. The first-order valence-electron chi connectivity index (χ1n) is 6.27. The number of nitrogens with one attached hydrogen (secondary N) is 2. The minimum Gasteiger partial charge on any atom is -0.313 e. The Bertz CT molecular complexity index is 486. The second-order valence-electron chi connectivity index (χ2n) is 4.77. The van der Waals surface area contributed by atoms with E-state index in [0.29, 0.717) is 19.5 Å². The molecule has 0 saturated heterocycles. The van der Waals surface area contributed by atoms with Crippen molar-refractivity contribution in [2.24, 2.45) is 0 Å². The van der Waals surface area contributed by atoms with E-state index in [-0.39, 0.29) is 6.04 Å². The van der Waals surface area contributed by atoms with Gasteiger partial charge in [-0.25, -0.2) is 13.1 Å². The van der Waals surface area contributed by atoms with Crippen LogP contribution in [0.1, 0.15) is 25.6 Å². The third kappa shape index (κ3) is 6.23. The Morgan fingerprint density at radius 3 is 2.53 bits per heavy atom. The molecule has 1 unspecified atom stereocenters. The Morgan fingerprint density at radius 2 is 2.00 bits per heavy atom. The highest BCUT2D eigenvalue weighted by atomic mass is 35.5. The summed E-state index contributed by atoms with van der Waals surface area (Å²) in [5, 5.41) is 2.69. The molecule has 0 aliphatic carbocycles.